The first kappa shape index (κ1) is 14.1. The van der Waals surface area contributed by atoms with E-state index in [1.807, 2.05) is 12.1 Å². The molecule has 104 valence electrons. The summed E-state index contributed by atoms with van der Waals surface area (Å²) in [6.45, 7) is 7.33. The van der Waals surface area contributed by atoms with Crippen LogP contribution in [0.5, 0.6) is 0 Å². The number of carbonyl (C=O) groups is 1. The maximum absolute atomic E-state index is 11.9. The number of anilines is 1. The van der Waals surface area contributed by atoms with Gasteiger partial charge in [0.1, 0.15) is 0 Å². The Morgan fingerprint density at radius 3 is 2.53 bits per heavy atom. The van der Waals surface area contributed by atoms with Crippen LogP contribution in [0.3, 0.4) is 0 Å². The van der Waals surface area contributed by atoms with Crippen molar-refractivity contribution in [3.8, 4) is 0 Å². The molecule has 1 N–H and O–H groups in total. The summed E-state index contributed by atoms with van der Waals surface area (Å²) in [5, 5.41) is 2.93. The van der Waals surface area contributed by atoms with Crippen molar-refractivity contribution in [2.24, 2.45) is 0 Å². The summed E-state index contributed by atoms with van der Waals surface area (Å²) in [4.78, 5) is 11.9. The van der Waals surface area contributed by atoms with Crippen molar-refractivity contribution in [2.75, 3.05) is 11.9 Å². The van der Waals surface area contributed by atoms with Gasteiger partial charge in [-0.3, -0.25) is 4.79 Å². The highest BCUT2D eigenvalue weighted by Gasteiger charge is 2.19. The average molecular weight is 261 g/mol. The van der Waals surface area contributed by atoms with Gasteiger partial charge in [-0.15, -0.1) is 0 Å². The Morgan fingerprint density at radius 2 is 2.00 bits per heavy atom. The van der Waals surface area contributed by atoms with Gasteiger partial charge < -0.3 is 10.1 Å². The Bertz CT molecular complexity index is 425. The van der Waals surface area contributed by atoms with E-state index in [9.17, 15) is 4.79 Å². The number of rotatable bonds is 3. The van der Waals surface area contributed by atoms with Crippen LogP contribution in [0.1, 0.15) is 45.6 Å². The summed E-state index contributed by atoms with van der Waals surface area (Å²) in [6.07, 6.45) is 2.63. The highest BCUT2D eigenvalue weighted by atomic mass is 16.5. The number of hydrogen-bond acceptors (Lipinski definition) is 2. The topological polar surface area (TPSA) is 38.3 Å². The van der Waals surface area contributed by atoms with Gasteiger partial charge in [0, 0.05) is 12.3 Å². The minimum absolute atomic E-state index is 0.0374. The normalized spacial score (nSPS) is 19.4. The zero-order valence-electron chi connectivity index (χ0n) is 12.0. The molecule has 1 aliphatic heterocycles. The minimum atomic E-state index is 0.0374. The molecule has 1 saturated heterocycles. The lowest BCUT2D eigenvalue weighted by Gasteiger charge is -2.19. The van der Waals surface area contributed by atoms with E-state index in [4.69, 9.17) is 4.74 Å². The van der Waals surface area contributed by atoms with Crippen molar-refractivity contribution in [2.45, 2.75) is 51.6 Å². The number of benzene rings is 1. The van der Waals surface area contributed by atoms with E-state index in [0.29, 0.717) is 6.42 Å². The smallest absolute Gasteiger partial charge is 0.226 e. The standard InChI is InChI=1S/C16H23NO2/c1-16(2,3)12-6-8-13(9-7-12)17-15(18)11-14-5-4-10-19-14/h6-9,14H,4-5,10-11H2,1-3H3,(H,17,18). The predicted molar refractivity (Wildman–Crippen MR) is 77.4 cm³/mol. The molecule has 0 radical (unpaired) electrons. The lowest BCUT2D eigenvalue weighted by molar-refractivity contribution is -0.118. The van der Waals surface area contributed by atoms with Crippen LogP contribution >= 0.6 is 0 Å². The van der Waals surface area contributed by atoms with E-state index in [2.05, 4.69) is 38.2 Å². The zero-order chi connectivity index (χ0) is 13.9. The molecule has 1 atom stereocenters. The lowest BCUT2D eigenvalue weighted by Crippen LogP contribution is -2.19. The van der Waals surface area contributed by atoms with Crippen molar-refractivity contribution in [1.82, 2.24) is 0 Å². The molecular formula is C16H23NO2. The Kier molecular flexibility index (Phi) is 4.25. The van der Waals surface area contributed by atoms with E-state index in [1.165, 1.54) is 5.56 Å². The number of amides is 1. The van der Waals surface area contributed by atoms with Crippen molar-refractivity contribution >= 4 is 11.6 Å². The molecule has 1 unspecified atom stereocenters. The molecule has 2 rings (SSSR count). The summed E-state index contributed by atoms with van der Waals surface area (Å²) >= 11 is 0. The van der Waals surface area contributed by atoms with Crippen LogP contribution in [-0.2, 0) is 14.9 Å². The Balaban J connectivity index is 1.90. The predicted octanol–water partition coefficient (Wildman–Crippen LogP) is 3.49. The fourth-order valence-corrected chi connectivity index (χ4v) is 2.28. The monoisotopic (exact) mass is 261 g/mol. The summed E-state index contributed by atoms with van der Waals surface area (Å²) in [6, 6.07) is 8.07. The molecule has 1 aliphatic rings. The van der Waals surface area contributed by atoms with Gasteiger partial charge in [0.15, 0.2) is 0 Å². The quantitative estimate of drug-likeness (QED) is 0.904. The van der Waals surface area contributed by atoms with Gasteiger partial charge in [-0.1, -0.05) is 32.9 Å². The van der Waals surface area contributed by atoms with Crippen LogP contribution < -0.4 is 5.32 Å². The first-order valence-corrected chi connectivity index (χ1v) is 6.97. The Morgan fingerprint density at radius 1 is 1.32 bits per heavy atom. The van der Waals surface area contributed by atoms with E-state index < -0.39 is 0 Å². The van der Waals surface area contributed by atoms with E-state index >= 15 is 0 Å². The van der Waals surface area contributed by atoms with E-state index in [-0.39, 0.29) is 17.4 Å². The molecular weight excluding hydrogens is 238 g/mol. The van der Waals surface area contributed by atoms with Crippen LogP contribution in [-0.4, -0.2) is 18.6 Å². The Labute approximate surface area is 115 Å². The van der Waals surface area contributed by atoms with E-state index in [0.717, 1.165) is 25.1 Å². The highest BCUT2D eigenvalue weighted by Crippen LogP contribution is 2.23. The molecule has 3 heteroatoms. The maximum Gasteiger partial charge on any atom is 0.226 e. The molecule has 0 aliphatic carbocycles. The molecule has 0 saturated carbocycles. The average Bonchev–Trinajstić information content (AvgIpc) is 2.81. The third-order valence-electron chi connectivity index (χ3n) is 3.47. The third kappa shape index (κ3) is 4.06. The van der Waals surface area contributed by atoms with Gasteiger partial charge in [0.05, 0.1) is 12.5 Å². The molecule has 0 bridgehead atoms. The molecule has 1 heterocycles. The third-order valence-corrected chi connectivity index (χ3v) is 3.47. The molecule has 1 fully saturated rings. The molecule has 1 amide bonds. The largest absolute Gasteiger partial charge is 0.378 e. The summed E-state index contributed by atoms with van der Waals surface area (Å²) < 4.78 is 5.46. The first-order chi connectivity index (χ1) is 8.95. The molecule has 1 aromatic rings. The molecule has 3 nitrogen and oxygen atoms in total. The van der Waals surface area contributed by atoms with Crippen molar-refractivity contribution in [3.63, 3.8) is 0 Å². The second kappa shape index (κ2) is 5.74. The zero-order valence-corrected chi connectivity index (χ0v) is 12.0. The van der Waals surface area contributed by atoms with Crippen molar-refractivity contribution in [1.29, 1.82) is 0 Å². The second-order valence-corrected chi connectivity index (χ2v) is 6.21. The highest BCUT2D eigenvalue weighted by molar-refractivity contribution is 5.91. The van der Waals surface area contributed by atoms with Crippen LogP contribution in [0.25, 0.3) is 0 Å². The second-order valence-electron chi connectivity index (χ2n) is 6.21. The number of nitrogens with one attached hydrogen (secondary N) is 1. The molecule has 0 spiro atoms. The fraction of sp³-hybridized carbons (Fsp3) is 0.562. The number of ether oxygens (including phenoxy) is 1. The number of hydrogen-bond donors (Lipinski definition) is 1. The van der Waals surface area contributed by atoms with Crippen LogP contribution in [0, 0.1) is 0 Å². The van der Waals surface area contributed by atoms with Crippen LogP contribution in [0.15, 0.2) is 24.3 Å². The molecule has 0 aromatic heterocycles. The van der Waals surface area contributed by atoms with Crippen LogP contribution in [0.4, 0.5) is 5.69 Å². The fourth-order valence-electron chi connectivity index (χ4n) is 2.28. The van der Waals surface area contributed by atoms with E-state index in [1.54, 1.807) is 0 Å². The van der Waals surface area contributed by atoms with Gasteiger partial charge in [-0.05, 0) is 36.0 Å². The van der Waals surface area contributed by atoms with Gasteiger partial charge in [-0.25, -0.2) is 0 Å². The lowest BCUT2D eigenvalue weighted by atomic mass is 9.87. The van der Waals surface area contributed by atoms with Gasteiger partial charge in [0.2, 0.25) is 5.91 Å². The summed E-state index contributed by atoms with van der Waals surface area (Å²) in [5.41, 5.74) is 2.26. The van der Waals surface area contributed by atoms with Gasteiger partial charge in [-0.2, -0.15) is 0 Å². The SMILES string of the molecule is CC(C)(C)c1ccc(NC(=O)CC2CCCO2)cc1. The van der Waals surface area contributed by atoms with Gasteiger partial charge in [0.25, 0.3) is 0 Å². The Hall–Kier alpha value is -1.35. The van der Waals surface area contributed by atoms with Crippen molar-refractivity contribution in [3.05, 3.63) is 29.8 Å². The van der Waals surface area contributed by atoms with Crippen molar-refractivity contribution < 1.29 is 9.53 Å². The van der Waals surface area contributed by atoms with Crippen LogP contribution in [0.2, 0.25) is 0 Å². The molecule has 19 heavy (non-hydrogen) atoms. The maximum atomic E-state index is 11.9. The summed E-state index contributed by atoms with van der Waals surface area (Å²) in [7, 11) is 0. The van der Waals surface area contributed by atoms with Gasteiger partial charge >= 0.3 is 0 Å². The number of carbonyl (C=O) groups excluding carboxylic acids is 1. The summed E-state index contributed by atoms with van der Waals surface area (Å²) in [5.74, 6) is 0.0374. The molecule has 1 aromatic carbocycles. The first-order valence-electron chi connectivity index (χ1n) is 6.97. The minimum Gasteiger partial charge on any atom is -0.378 e.